The average molecular weight is 332 g/mol. The van der Waals surface area contributed by atoms with Crippen LogP contribution in [0.5, 0.6) is 0 Å². The molecular weight excluding hydrogens is 308 g/mol. The number of aryl methyl sites for hydroxylation is 1. The Balaban J connectivity index is 2.17. The zero-order valence-electron chi connectivity index (χ0n) is 12.9. The highest BCUT2D eigenvalue weighted by atomic mass is 32.2. The van der Waals surface area contributed by atoms with Crippen LogP contribution in [0.25, 0.3) is 0 Å². The van der Waals surface area contributed by atoms with Gasteiger partial charge in [0.1, 0.15) is 0 Å². The van der Waals surface area contributed by atoms with E-state index < -0.39 is 15.6 Å². The van der Waals surface area contributed by atoms with Crippen molar-refractivity contribution in [3.05, 3.63) is 15.8 Å². The third-order valence-corrected chi connectivity index (χ3v) is 6.52. The normalized spacial score (nSPS) is 23.4. The molecular formula is C14H24N2O3S2. The molecule has 1 aromatic heterocycles. The highest BCUT2D eigenvalue weighted by Gasteiger charge is 2.34. The monoisotopic (exact) mass is 332 g/mol. The van der Waals surface area contributed by atoms with Gasteiger partial charge in [0.25, 0.3) is 0 Å². The maximum absolute atomic E-state index is 12.6. The number of sulfonamides is 1. The van der Waals surface area contributed by atoms with E-state index in [1.807, 2.05) is 20.8 Å². The van der Waals surface area contributed by atoms with Crippen LogP contribution in [0.1, 0.15) is 36.4 Å². The van der Waals surface area contributed by atoms with Crippen LogP contribution in [-0.4, -0.2) is 33.7 Å². The summed E-state index contributed by atoms with van der Waals surface area (Å²) >= 11 is 1.53. The zero-order valence-corrected chi connectivity index (χ0v) is 14.5. The third kappa shape index (κ3) is 4.26. The van der Waals surface area contributed by atoms with Gasteiger partial charge in [0.2, 0.25) is 10.0 Å². The molecule has 21 heavy (non-hydrogen) atoms. The van der Waals surface area contributed by atoms with Crippen LogP contribution < -0.4 is 10.0 Å². The maximum Gasteiger partial charge on any atom is 0.242 e. The van der Waals surface area contributed by atoms with Crippen molar-refractivity contribution in [1.29, 1.82) is 0 Å². The quantitative estimate of drug-likeness (QED) is 0.836. The van der Waals surface area contributed by atoms with Crippen molar-refractivity contribution in [2.24, 2.45) is 0 Å². The summed E-state index contributed by atoms with van der Waals surface area (Å²) in [5.74, 6) is 0. The summed E-state index contributed by atoms with van der Waals surface area (Å²) in [5.41, 5.74) is -0.507. The van der Waals surface area contributed by atoms with E-state index in [-0.39, 0.29) is 0 Å². The molecule has 0 spiro atoms. The van der Waals surface area contributed by atoms with E-state index in [0.717, 1.165) is 29.1 Å². The van der Waals surface area contributed by atoms with Gasteiger partial charge in [0, 0.05) is 22.9 Å². The topological polar surface area (TPSA) is 67.4 Å². The lowest BCUT2D eigenvalue weighted by Crippen LogP contribution is -2.51. The van der Waals surface area contributed by atoms with Crippen molar-refractivity contribution in [1.82, 2.24) is 10.0 Å². The van der Waals surface area contributed by atoms with Crippen molar-refractivity contribution in [3.63, 3.8) is 0 Å². The first-order valence-electron chi connectivity index (χ1n) is 7.28. The van der Waals surface area contributed by atoms with Crippen LogP contribution >= 0.6 is 11.3 Å². The molecule has 1 atom stereocenters. The lowest BCUT2D eigenvalue weighted by Gasteiger charge is -2.33. The minimum absolute atomic E-state index is 0.396. The Morgan fingerprint density at radius 2 is 2.24 bits per heavy atom. The highest BCUT2D eigenvalue weighted by molar-refractivity contribution is 7.89. The van der Waals surface area contributed by atoms with Gasteiger partial charge >= 0.3 is 0 Å². The third-order valence-electron chi connectivity index (χ3n) is 3.58. The van der Waals surface area contributed by atoms with Gasteiger partial charge in [-0.25, -0.2) is 13.1 Å². The molecule has 1 aliphatic heterocycles. The fraction of sp³-hybridized carbons (Fsp3) is 0.714. The predicted molar refractivity (Wildman–Crippen MR) is 85.2 cm³/mol. The highest BCUT2D eigenvalue weighted by Crippen LogP contribution is 2.28. The second-order valence-electron chi connectivity index (χ2n) is 5.74. The molecule has 1 fully saturated rings. The summed E-state index contributed by atoms with van der Waals surface area (Å²) in [5, 5.41) is 3.22. The number of ether oxygens (including phenoxy) is 1. The fourth-order valence-corrected chi connectivity index (χ4v) is 5.55. The summed E-state index contributed by atoms with van der Waals surface area (Å²) < 4.78 is 33.5. The minimum atomic E-state index is -3.50. The zero-order chi connectivity index (χ0) is 15.5. The first kappa shape index (κ1) is 16.9. The van der Waals surface area contributed by atoms with Gasteiger partial charge in [-0.15, -0.1) is 11.3 Å². The van der Waals surface area contributed by atoms with Crippen molar-refractivity contribution >= 4 is 21.4 Å². The second-order valence-corrected chi connectivity index (χ2v) is 8.73. The molecule has 5 nitrogen and oxygen atoms in total. The van der Waals surface area contributed by atoms with Gasteiger partial charge in [0.05, 0.1) is 17.0 Å². The number of nitrogens with one attached hydrogen (secondary N) is 2. The standard InChI is InChI=1S/C14H24N2O3S2/c1-4-15-9-12-8-13(11(2)20-12)21(17,18)16-14(3)6-5-7-19-10-14/h8,15-16H,4-7,9-10H2,1-3H3. The van der Waals surface area contributed by atoms with Crippen molar-refractivity contribution in [3.8, 4) is 0 Å². The first-order chi connectivity index (χ1) is 9.86. The maximum atomic E-state index is 12.6. The van der Waals surface area contributed by atoms with Gasteiger partial charge in [-0.2, -0.15) is 0 Å². The predicted octanol–water partition coefficient (Wildman–Crippen LogP) is 2.01. The fourth-order valence-electron chi connectivity index (χ4n) is 2.52. The Labute approximate surface area is 131 Å². The molecule has 120 valence electrons. The smallest absolute Gasteiger partial charge is 0.242 e. The SMILES string of the molecule is CCNCc1cc(S(=O)(=O)NC2(C)CCCOC2)c(C)s1. The minimum Gasteiger partial charge on any atom is -0.380 e. The molecule has 2 heterocycles. The van der Waals surface area contributed by atoms with Crippen LogP contribution in [-0.2, 0) is 21.3 Å². The Bertz CT molecular complexity index is 575. The molecule has 0 aromatic carbocycles. The number of thiophene rings is 1. The van der Waals surface area contributed by atoms with E-state index in [1.165, 1.54) is 11.3 Å². The Hall–Kier alpha value is -0.470. The summed E-state index contributed by atoms with van der Waals surface area (Å²) in [7, 11) is -3.50. The molecule has 1 unspecified atom stereocenters. The molecule has 1 aliphatic rings. The largest absolute Gasteiger partial charge is 0.380 e. The van der Waals surface area contributed by atoms with Crippen LogP contribution in [0.3, 0.4) is 0 Å². The molecule has 1 saturated heterocycles. The number of hydrogen-bond donors (Lipinski definition) is 2. The van der Waals surface area contributed by atoms with Crippen molar-refractivity contribution in [2.75, 3.05) is 19.8 Å². The Morgan fingerprint density at radius 1 is 1.48 bits per heavy atom. The first-order valence-corrected chi connectivity index (χ1v) is 9.58. The summed E-state index contributed by atoms with van der Waals surface area (Å²) in [6, 6.07) is 1.78. The van der Waals surface area contributed by atoms with E-state index >= 15 is 0 Å². The summed E-state index contributed by atoms with van der Waals surface area (Å²) in [4.78, 5) is 2.27. The van der Waals surface area contributed by atoms with Gasteiger partial charge in [-0.1, -0.05) is 6.92 Å². The van der Waals surface area contributed by atoms with Gasteiger partial charge < -0.3 is 10.1 Å². The van der Waals surface area contributed by atoms with Crippen molar-refractivity contribution < 1.29 is 13.2 Å². The van der Waals surface area contributed by atoms with Gasteiger partial charge in [0.15, 0.2) is 0 Å². The van der Waals surface area contributed by atoms with Crippen LogP contribution in [0.4, 0.5) is 0 Å². The van der Waals surface area contributed by atoms with Crippen LogP contribution in [0.2, 0.25) is 0 Å². The summed E-state index contributed by atoms with van der Waals surface area (Å²) in [6.07, 6.45) is 1.69. The molecule has 7 heteroatoms. The van der Waals surface area contributed by atoms with E-state index in [4.69, 9.17) is 4.74 Å². The molecule has 0 saturated carbocycles. The number of hydrogen-bond acceptors (Lipinski definition) is 5. The molecule has 2 rings (SSSR count). The van der Waals surface area contributed by atoms with Gasteiger partial charge in [-0.05, 0) is 39.3 Å². The molecule has 2 N–H and O–H groups in total. The van der Waals surface area contributed by atoms with E-state index in [9.17, 15) is 8.42 Å². The lowest BCUT2D eigenvalue weighted by atomic mass is 9.97. The van der Waals surface area contributed by atoms with E-state index in [1.54, 1.807) is 6.07 Å². The average Bonchev–Trinajstić information content (AvgIpc) is 2.78. The molecule has 0 bridgehead atoms. The second kappa shape index (κ2) is 6.75. The molecule has 0 amide bonds. The Morgan fingerprint density at radius 3 is 2.86 bits per heavy atom. The van der Waals surface area contributed by atoms with E-state index in [2.05, 4.69) is 10.0 Å². The van der Waals surface area contributed by atoms with Crippen LogP contribution in [0, 0.1) is 6.92 Å². The molecule has 0 radical (unpaired) electrons. The summed E-state index contributed by atoms with van der Waals surface area (Å²) in [6.45, 7) is 8.51. The van der Waals surface area contributed by atoms with Crippen LogP contribution in [0.15, 0.2) is 11.0 Å². The molecule has 0 aliphatic carbocycles. The van der Waals surface area contributed by atoms with Crippen molar-refractivity contribution in [2.45, 2.75) is 50.6 Å². The van der Waals surface area contributed by atoms with Gasteiger partial charge in [-0.3, -0.25) is 0 Å². The van der Waals surface area contributed by atoms with E-state index in [0.29, 0.717) is 24.7 Å². The Kier molecular flexibility index (Phi) is 5.43. The molecule has 1 aromatic rings. The number of rotatable bonds is 6. The lowest BCUT2D eigenvalue weighted by molar-refractivity contribution is 0.0386.